The van der Waals surface area contributed by atoms with Crippen LogP contribution in [0.15, 0.2) is 10.7 Å². The maximum atomic E-state index is 5.86. The third kappa shape index (κ3) is 2.36. The lowest BCUT2D eigenvalue weighted by molar-refractivity contribution is 0.744. The number of nitrogens with zero attached hydrogens (tertiary/aromatic N) is 2. The number of halogens is 2. The summed E-state index contributed by atoms with van der Waals surface area (Å²) in [5.41, 5.74) is 0. The van der Waals surface area contributed by atoms with Gasteiger partial charge in [-0.25, -0.2) is 4.98 Å². The number of anilines is 1. The van der Waals surface area contributed by atoms with Gasteiger partial charge in [0.1, 0.15) is 5.15 Å². The Bertz CT molecular complexity index is 326. The first kappa shape index (κ1) is 10.2. The van der Waals surface area contributed by atoms with E-state index < -0.39 is 0 Å². The highest BCUT2D eigenvalue weighted by Gasteiger charge is 2.15. The third-order valence-corrected chi connectivity index (χ3v) is 3.49. The van der Waals surface area contributed by atoms with Crippen LogP contribution in [-0.2, 0) is 0 Å². The Balaban J connectivity index is 2.05. The molecular formula is C9H11BrClN3. The van der Waals surface area contributed by atoms with E-state index in [0.29, 0.717) is 17.1 Å². The van der Waals surface area contributed by atoms with Crippen LogP contribution in [-0.4, -0.2) is 16.0 Å². The minimum absolute atomic E-state index is 0.459. The molecule has 1 aliphatic rings. The summed E-state index contributed by atoms with van der Waals surface area (Å²) in [5, 5.41) is 3.74. The van der Waals surface area contributed by atoms with Gasteiger partial charge in [0.25, 0.3) is 0 Å². The molecule has 1 aromatic heterocycles. The Hall–Kier alpha value is -0.350. The molecule has 1 heterocycles. The maximum absolute atomic E-state index is 5.86. The van der Waals surface area contributed by atoms with Gasteiger partial charge in [-0.05, 0) is 28.8 Å². The van der Waals surface area contributed by atoms with Crippen molar-refractivity contribution >= 4 is 33.5 Å². The summed E-state index contributed by atoms with van der Waals surface area (Å²) >= 11 is 9.12. The van der Waals surface area contributed by atoms with Crippen molar-refractivity contribution in [3.63, 3.8) is 0 Å². The molecule has 0 unspecified atom stereocenters. The minimum Gasteiger partial charge on any atom is -0.351 e. The average Bonchev–Trinajstić information content (AvgIpc) is 2.64. The number of hydrogen-bond donors (Lipinski definition) is 1. The summed E-state index contributed by atoms with van der Waals surface area (Å²) < 4.78 is 0.733. The summed E-state index contributed by atoms with van der Waals surface area (Å²) in [4.78, 5) is 8.28. The lowest BCUT2D eigenvalue weighted by Gasteiger charge is -2.11. The number of rotatable bonds is 2. The first-order valence-electron chi connectivity index (χ1n) is 4.70. The Morgan fingerprint density at radius 2 is 2.14 bits per heavy atom. The molecule has 0 aromatic carbocycles. The molecule has 0 aliphatic heterocycles. The van der Waals surface area contributed by atoms with Gasteiger partial charge in [0.2, 0.25) is 5.95 Å². The zero-order valence-electron chi connectivity index (χ0n) is 7.63. The predicted molar refractivity (Wildman–Crippen MR) is 60.6 cm³/mol. The van der Waals surface area contributed by atoms with Crippen molar-refractivity contribution in [1.29, 1.82) is 0 Å². The van der Waals surface area contributed by atoms with Crippen molar-refractivity contribution in [3.8, 4) is 0 Å². The van der Waals surface area contributed by atoms with Gasteiger partial charge in [-0.15, -0.1) is 0 Å². The van der Waals surface area contributed by atoms with E-state index in [2.05, 4.69) is 31.2 Å². The second-order valence-electron chi connectivity index (χ2n) is 3.46. The SMILES string of the molecule is Clc1nc(NC2CCCC2)ncc1Br. The van der Waals surface area contributed by atoms with E-state index in [9.17, 15) is 0 Å². The smallest absolute Gasteiger partial charge is 0.224 e. The van der Waals surface area contributed by atoms with Gasteiger partial charge in [-0.2, -0.15) is 4.98 Å². The molecule has 2 rings (SSSR count). The van der Waals surface area contributed by atoms with Crippen molar-refractivity contribution in [3.05, 3.63) is 15.8 Å². The molecule has 14 heavy (non-hydrogen) atoms. The van der Waals surface area contributed by atoms with E-state index in [1.807, 2.05) is 0 Å². The van der Waals surface area contributed by atoms with Gasteiger partial charge in [-0.1, -0.05) is 24.4 Å². The van der Waals surface area contributed by atoms with Crippen LogP contribution in [0.2, 0.25) is 5.15 Å². The fourth-order valence-corrected chi connectivity index (χ4v) is 1.99. The normalized spacial score (nSPS) is 17.3. The second kappa shape index (κ2) is 4.45. The molecule has 0 radical (unpaired) electrons. The van der Waals surface area contributed by atoms with Gasteiger partial charge < -0.3 is 5.32 Å². The molecule has 5 heteroatoms. The summed E-state index contributed by atoms with van der Waals surface area (Å²) in [6.07, 6.45) is 6.67. The lowest BCUT2D eigenvalue weighted by atomic mass is 10.3. The summed E-state index contributed by atoms with van der Waals surface area (Å²) in [6.45, 7) is 0. The molecule has 1 saturated carbocycles. The summed E-state index contributed by atoms with van der Waals surface area (Å²) in [5.74, 6) is 0.630. The van der Waals surface area contributed by atoms with Crippen LogP contribution in [0.25, 0.3) is 0 Å². The van der Waals surface area contributed by atoms with E-state index in [-0.39, 0.29) is 0 Å². The standard InChI is InChI=1S/C9H11BrClN3/c10-7-5-12-9(14-8(7)11)13-6-3-1-2-4-6/h5-6H,1-4H2,(H,12,13,14). The zero-order chi connectivity index (χ0) is 9.97. The Morgan fingerprint density at radius 3 is 2.79 bits per heavy atom. The largest absolute Gasteiger partial charge is 0.351 e. The van der Waals surface area contributed by atoms with Gasteiger partial charge >= 0.3 is 0 Å². The predicted octanol–water partition coefficient (Wildman–Crippen LogP) is 3.25. The van der Waals surface area contributed by atoms with E-state index in [4.69, 9.17) is 11.6 Å². The first-order valence-corrected chi connectivity index (χ1v) is 5.87. The van der Waals surface area contributed by atoms with Gasteiger partial charge in [0.15, 0.2) is 0 Å². The summed E-state index contributed by atoms with van der Waals surface area (Å²) in [6, 6.07) is 0.521. The van der Waals surface area contributed by atoms with E-state index >= 15 is 0 Å². The van der Waals surface area contributed by atoms with Crippen molar-refractivity contribution in [2.24, 2.45) is 0 Å². The Kier molecular flexibility index (Phi) is 3.23. The molecule has 0 spiro atoms. The van der Waals surface area contributed by atoms with Gasteiger partial charge in [0, 0.05) is 12.2 Å². The van der Waals surface area contributed by atoms with Crippen molar-refractivity contribution in [1.82, 2.24) is 9.97 Å². The van der Waals surface area contributed by atoms with Gasteiger partial charge in [-0.3, -0.25) is 0 Å². The molecule has 0 bridgehead atoms. The Labute approximate surface area is 96.4 Å². The van der Waals surface area contributed by atoms with E-state index in [1.54, 1.807) is 6.20 Å². The van der Waals surface area contributed by atoms with Crippen LogP contribution in [0, 0.1) is 0 Å². The van der Waals surface area contributed by atoms with Crippen LogP contribution in [0.4, 0.5) is 5.95 Å². The topological polar surface area (TPSA) is 37.8 Å². The molecule has 1 fully saturated rings. The minimum atomic E-state index is 0.459. The monoisotopic (exact) mass is 275 g/mol. The Morgan fingerprint density at radius 1 is 1.43 bits per heavy atom. The number of hydrogen-bond acceptors (Lipinski definition) is 3. The number of aromatic nitrogens is 2. The molecule has 0 saturated heterocycles. The molecule has 1 N–H and O–H groups in total. The van der Waals surface area contributed by atoms with Crippen molar-refractivity contribution in [2.75, 3.05) is 5.32 Å². The fraction of sp³-hybridized carbons (Fsp3) is 0.556. The maximum Gasteiger partial charge on any atom is 0.224 e. The quantitative estimate of drug-likeness (QED) is 0.843. The zero-order valence-corrected chi connectivity index (χ0v) is 9.98. The van der Waals surface area contributed by atoms with E-state index in [0.717, 1.165) is 4.47 Å². The molecule has 76 valence electrons. The molecule has 3 nitrogen and oxygen atoms in total. The third-order valence-electron chi connectivity index (χ3n) is 2.39. The highest BCUT2D eigenvalue weighted by atomic mass is 79.9. The van der Waals surface area contributed by atoms with Crippen LogP contribution in [0.1, 0.15) is 25.7 Å². The van der Waals surface area contributed by atoms with Crippen molar-refractivity contribution in [2.45, 2.75) is 31.7 Å². The highest BCUT2D eigenvalue weighted by molar-refractivity contribution is 9.10. The molecular weight excluding hydrogens is 265 g/mol. The number of nitrogens with one attached hydrogen (secondary N) is 1. The van der Waals surface area contributed by atoms with Crippen LogP contribution in [0.5, 0.6) is 0 Å². The van der Waals surface area contributed by atoms with Crippen molar-refractivity contribution < 1.29 is 0 Å². The lowest BCUT2D eigenvalue weighted by Crippen LogP contribution is -2.16. The highest BCUT2D eigenvalue weighted by Crippen LogP contribution is 2.23. The molecule has 0 atom stereocenters. The molecule has 1 aliphatic carbocycles. The summed E-state index contributed by atoms with van der Waals surface area (Å²) in [7, 11) is 0. The van der Waals surface area contributed by atoms with E-state index in [1.165, 1.54) is 25.7 Å². The first-order chi connectivity index (χ1) is 6.75. The average molecular weight is 277 g/mol. The van der Waals surface area contributed by atoms with Gasteiger partial charge in [0.05, 0.1) is 4.47 Å². The molecule has 1 aromatic rings. The fourth-order valence-electron chi connectivity index (χ4n) is 1.67. The van der Waals surface area contributed by atoms with Crippen LogP contribution in [0.3, 0.4) is 0 Å². The second-order valence-corrected chi connectivity index (χ2v) is 4.67. The molecule has 0 amide bonds. The van der Waals surface area contributed by atoms with Crippen LogP contribution < -0.4 is 5.32 Å². The van der Waals surface area contributed by atoms with Crippen LogP contribution >= 0.6 is 27.5 Å².